The van der Waals surface area contributed by atoms with Crippen molar-refractivity contribution < 1.29 is 19.1 Å². The van der Waals surface area contributed by atoms with Gasteiger partial charge in [0.2, 0.25) is 0 Å². The van der Waals surface area contributed by atoms with Crippen LogP contribution in [0, 0.1) is 0 Å². The number of esters is 1. The molecular weight excluding hydrogens is 377 g/mol. The zero-order valence-electron chi connectivity index (χ0n) is 14.2. The van der Waals surface area contributed by atoms with Gasteiger partial charge in [0.05, 0.1) is 12.8 Å². The van der Waals surface area contributed by atoms with Crippen molar-refractivity contribution in [3.05, 3.63) is 64.1 Å². The van der Waals surface area contributed by atoms with Crippen LogP contribution in [0.4, 0.5) is 5.69 Å². The molecule has 0 aliphatic rings. The van der Waals surface area contributed by atoms with Gasteiger partial charge in [-0.3, -0.25) is 4.79 Å². The SMILES string of the molecule is COc1ccc(Cl)cc1NC(=O)[C@H](C)OC(=O)/C=C/c1ccccc1Cl. The lowest BCUT2D eigenvalue weighted by atomic mass is 10.2. The molecule has 0 fully saturated rings. The Balaban J connectivity index is 1.97. The van der Waals surface area contributed by atoms with Gasteiger partial charge in [-0.1, -0.05) is 41.4 Å². The van der Waals surface area contributed by atoms with Crippen molar-refractivity contribution in [2.75, 3.05) is 12.4 Å². The van der Waals surface area contributed by atoms with Crippen LogP contribution in [0.25, 0.3) is 6.08 Å². The van der Waals surface area contributed by atoms with Gasteiger partial charge in [-0.25, -0.2) is 4.79 Å². The van der Waals surface area contributed by atoms with E-state index in [4.69, 9.17) is 32.7 Å². The summed E-state index contributed by atoms with van der Waals surface area (Å²) < 4.78 is 10.3. The number of amides is 1. The predicted molar refractivity (Wildman–Crippen MR) is 103 cm³/mol. The molecule has 7 heteroatoms. The topological polar surface area (TPSA) is 64.6 Å². The number of hydrogen-bond donors (Lipinski definition) is 1. The maximum absolute atomic E-state index is 12.2. The lowest BCUT2D eigenvalue weighted by Gasteiger charge is -2.14. The maximum Gasteiger partial charge on any atom is 0.331 e. The number of methoxy groups -OCH3 is 1. The highest BCUT2D eigenvalue weighted by Gasteiger charge is 2.18. The molecule has 0 saturated carbocycles. The van der Waals surface area contributed by atoms with E-state index < -0.39 is 18.0 Å². The average molecular weight is 394 g/mol. The molecule has 0 radical (unpaired) electrons. The summed E-state index contributed by atoms with van der Waals surface area (Å²) in [5.41, 5.74) is 1.06. The minimum absolute atomic E-state index is 0.388. The number of halogens is 2. The van der Waals surface area contributed by atoms with Crippen molar-refractivity contribution in [2.45, 2.75) is 13.0 Å². The molecule has 5 nitrogen and oxygen atoms in total. The molecular formula is C19H17Cl2NO4. The number of carbonyl (C=O) groups is 2. The van der Waals surface area contributed by atoms with Gasteiger partial charge in [-0.05, 0) is 42.8 Å². The third kappa shape index (κ3) is 5.51. The van der Waals surface area contributed by atoms with Crippen molar-refractivity contribution in [3.63, 3.8) is 0 Å². The molecule has 0 aliphatic carbocycles. The van der Waals surface area contributed by atoms with E-state index in [1.165, 1.54) is 26.2 Å². The quantitative estimate of drug-likeness (QED) is 0.575. The van der Waals surface area contributed by atoms with E-state index in [1.807, 2.05) is 0 Å². The fraction of sp³-hybridized carbons (Fsp3) is 0.158. The van der Waals surface area contributed by atoms with Gasteiger partial charge < -0.3 is 14.8 Å². The van der Waals surface area contributed by atoms with Crippen LogP contribution in [-0.4, -0.2) is 25.1 Å². The molecule has 2 aromatic rings. The molecule has 2 rings (SSSR count). The van der Waals surface area contributed by atoms with Crippen molar-refractivity contribution in [2.24, 2.45) is 0 Å². The fourth-order valence-electron chi connectivity index (χ4n) is 2.05. The molecule has 0 bridgehead atoms. The van der Waals surface area contributed by atoms with Gasteiger partial charge in [-0.15, -0.1) is 0 Å². The second-order valence-corrected chi connectivity index (χ2v) is 6.11. The fourth-order valence-corrected chi connectivity index (χ4v) is 2.42. The molecule has 0 spiro atoms. The summed E-state index contributed by atoms with van der Waals surface area (Å²) in [7, 11) is 1.47. The number of nitrogens with one attached hydrogen (secondary N) is 1. The zero-order valence-corrected chi connectivity index (χ0v) is 15.7. The smallest absolute Gasteiger partial charge is 0.331 e. The third-order valence-corrected chi connectivity index (χ3v) is 3.97. The van der Waals surface area contributed by atoms with Crippen LogP contribution in [0.2, 0.25) is 10.0 Å². The van der Waals surface area contributed by atoms with E-state index >= 15 is 0 Å². The van der Waals surface area contributed by atoms with Crippen LogP contribution < -0.4 is 10.1 Å². The Hall–Kier alpha value is -2.50. The Morgan fingerprint density at radius 3 is 2.58 bits per heavy atom. The average Bonchev–Trinajstić information content (AvgIpc) is 2.61. The van der Waals surface area contributed by atoms with Crippen molar-refractivity contribution in [3.8, 4) is 5.75 Å². The largest absolute Gasteiger partial charge is 0.495 e. The first-order chi connectivity index (χ1) is 12.4. The second kappa shape index (κ2) is 9.27. The van der Waals surface area contributed by atoms with Gasteiger partial charge in [0.15, 0.2) is 6.10 Å². The summed E-state index contributed by atoms with van der Waals surface area (Å²) in [6.07, 6.45) is 1.72. The molecule has 136 valence electrons. The van der Waals surface area contributed by atoms with E-state index in [0.29, 0.717) is 27.0 Å². The lowest BCUT2D eigenvalue weighted by molar-refractivity contribution is -0.148. The van der Waals surface area contributed by atoms with Crippen molar-refractivity contribution in [1.29, 1.82) is 0 Å². The summed E-state index contributed by atoms with van der Waals surface area (Å²) in [5.74, 6) is -0.726. The Morgan fingerprint density at radius 1 is 1.15 bits per heavy atom. The minimum Gasteiger partial charge on any atom is -0.495 e. The molecule has 0 aliphatic heterocycles. The number of rotatable bonds is 6. The van der Waals surface area contributed by atoms with Gasteiger partial charge in [0, 0.05) is 16.1 Å². The van der Waals surface area contributed by atoms with Crippen LogP contribution in [-0.2, 0) is 14.3 Å². The Labute approximate surface area is 161 Å². The highest BCUT2D eigenvalue weighted by Crippen LogP contribution is 2.27. The number of hydrogen-bond acceptors (Lipinski definition) is 4. The van der Waals surface area contributed by atoms with Gasteiger partial charge in [-0.2, -0.15) is 0 Å². The Kier molecular flexibility index (Phi) is 7.06. The lowest BCUT2D eigenvalue weighted by Crippen LogP contribution is -2.29. The second-order valence-electron chi connectivity index (χ2n) is 5.27. The Bertz CT molecular complexity index is 836. The molecule has 26 heavy (non-hydrogen) atoms. The van der Waals surface area contributed by atoms with E-state index in [9.17, 15) is 9.59 Å². The van der Waals surface area contributed by atoms with Crippen LogP contribution in [0.5, 0.6) is 5.75 Å². The molecule has 0 heterocycles. The van der Waals surface area contributed by atoms with Gasteiger partial charge >= 0.3 is 5.97 Å². The zero-order chi connectivity index (χ0) is 19.1. The van der Waals surface area contributed by atoms with Crippen molar-refractivity contribution in [1.82, 2.24) is 0 Å². The van der Waals surface area contributed by atoms with Crippen LogP contribution in [0.1, 0.15) is 12.5 Å². The monoisotopic (exact) mass is 393 g/mol. The summed E-state index contributed by atoms with van der Waals surface area (Å²) in [6, 6.07) is 11.9. The maximum atomic E-state index is 12.2. The summed E-state index contributed by atoms with van der Waals surface area (Å²) in [5, 5.41) is 3.57. The molecule has 1 atom stereocenters. The first kappa shape index (κ1) is 19.8. The molecule has 0 unspecified atom stereocenters. The number of ether oxygens (including phenoxy) is 2. The molecule has 2 aromatic carbocycles. The van der Waals surface area contributed by atoms with Crippen LogP contribution in [0.3, 0.4) is 0 Å². The van der Waals surface area contributed by atoms with Crippen LogP contribution in [0.15, 0.2) is 48.5 Å². The Morgan fingerprint density at radius 2 is 1.88 bits per heavy atom. The van der Waals surface area contributed by atoms with E-state index in [-0.39, 0.29) is 0 Å². The molecule has 1 amide bonds. The van der Waals surface area contributed by atoms with E-state index in [1.54, 1.807) is 42.5 Å². The molecule has 0 aromatic heterocycles. The molecule has 0 saturated heterocycles. The first-order valence-corrected chi connectivity index (χ1v) is 8.44. The van der Waals surface area contributed by atoms with E-state index in [0.717, 1.165) is 0 Å². The number of anilines is 1. The van der Waals surface area contributed by atoms with Crippen molar-refractivity contribution >= 4 is 46.8 Å². The highest BCUT2D eigenvalue weighted by atomic mass is 35.5. The van der Waals surface area contributed by atoms with Gasteiger partial charge in [0.1, 0.15) is 5.75 Å². The minimum atomic E-state index is -1.01. The van der Waals surface area contributed by atoms with Gasteiger partial charge in [0.25, 0.3) is 5.91 Å². The number of benzene rings is 2. The highest BCUT2D eigenvalue weighted by molar-refractivity contribution is 6.32. The summed E-state index contributed by atoms with van der Waals surface area (Å²) in [6.45, 7) is 1.47. The summed E-state index contributed by atoms with van der Waals surface area (Å²) in [4.78, 5) is 24.1. The predicted octanol–water partition coefficient (Wildman–Crippen LogP) is 4.59. The summed E-state index contributed by atoms with van der Waals surface area (Å²) >= 11 is 11.9. The number of carbonyl (C=O) groups excluding carboxylic acids is 2. The van der Waals surface area contributed by atoms with Crippen LogP contribution >= 0.6 is 23.2 Å². The standard InChI is InChI=1S/C19H17Cl2NO4/c1-12(19(24)22-16-11-14(20)8-9-17(16)25-2)26-18(23)10-7-13-5-3-4-6-15(13)21/h3-12H,1-2H3,(H,22,24)/b10-7+/t12-/m0/s1. The first-order valence-electron chi connectivity index (χ1n) is 7.68. The third-order valence-electron chi connectivity index (χ3n) is 3.39. The molecule has 1 N–H and O–H groups in total. The van der Waals surface area contributed by atoms with E-state index in [2.05, 4.69) is 5.32 Å². The normalized spacial score (nSPS) is 11.8.